The molecule has 0 atom stereocenters. The van der Waals surface area contributed by atoms with Crippen molar-refractivity contribution in [1.82, 2.24) is 5.32 Å². The fourth-order valence-corrected chi connectivity index (χ4v) is 1.73. The second kappa shape index (κ2) is 6.05. The van der Waals surface area contributed by atoms with Gasteiger partial charge in [0, 0.05) is 5.02 Å². The van der Waals surface area contributed by atoms with E-state index in [0.29, 0.717) is 0 Å². The summed E-state index contributed by atoms with van der Waals surface area (Å²) >= 11 is 6.04. The zero-order valence-corrected chi connectivity index (χ0v) is 9.69. The molecule has 0 amide bonds. The predicted molar refractivity (Wildman–Crippen MR) is 63.1 cm³/mol. The normalized spacial score (nSPS) is 10.5. The van der Waals surface area contributed by atoms with Crippen LogP contribution in [0.25, 0.3) is 0 Å². The molecule has 0 aliphatic carbocycles. The topological polar surface area (TPSA) is 12.0 Å². The third-order valence-electron chi connectivity index (χ3n) is 2.50. The first-order chi connectivity index (χ1) is 6.75. The van der Waals surface area contributed by atoms with Gasteiger partial charge in [0.25, 0.3) is 0 Å². The number of halogens is 1. The first kappa shape index (κ1) is 11.5. The Hall–Kier alpha value is -0.530. The summed E-state index contributed by atoms with van der Waals surface area (Å²) in [6.07, 6.45) is 3.58. The van der Waals surface area contributed by atoms with Crippen molar-refractivity contribution in [1.29, 1.82) is 0 Å². The number of hydrogen-bond acceptors (Lipinski definition) is 1. The Morgan fingerprint density at radius 2 is 2.07 bits per heavy atom. The first-order valence-corrected chi connectivity index (χ1v) is 5.52. The second-order valence-electron chi connectivity index (χ2n) is 3.58. The van der Waals surface area contributed by atoms with E-state index < -0.39 is 0 Å². The van der Waals surface area contributed by atoms with Gasteiger partial charge < -0.3 is 5.32 Å². The number of unbranched alkanes of at least 4 members (excludes halogenated alkanes) is 1. The summed E-state index contributed by atoms with van der Waals surface area (Å²) in [5.74, 6) is 0. The molecule has 1 rings (SSSR count). The SMILES string of the molecule is CNCCCCc1cccc(Cl)c1C. The van der Waals surface area contributed by atoms with Crippen LogP contribution in [0.4, 0.5) is 0 Å². The lowest BCUT2D eigenvalue weighted by Crippen LogP contribution is -2.07. The maximum atomic E-state index is 6.04. The molecule has 1 N–H and O–H groups in total. The van der Waals surface area contributed by atoms with Gasteiger partial charge in [-0.2, -0.15) is 0 Å². The van der Waals surface area contributed by atoms with E-state index >= 15 is 0 Å². The minimum absolute atomic E-state index is 0.885. The highest BCUT2D eigenvalue weighted by molar-refractivity contribution is 6.31. The number of rotatable bonds is 5. The van der Waals surface area contributed by atoms with E-state index in [1.165, 1.54) is 24.0 Å². The van der Waals surface area contributed by atoms with Gasteiger partial charge in [0.15, 0.2) is 0 Å². The van der Waals surface area contributed by atoms with Crippen molar-refractivity contribution in [3.05, 3.63) is 34.3 Å². The first-order valence-electron chi connectivity index (χ1n) is 5.14. The quantitative estimate of drug-likeness (QED) is 0.738. The average Bonchev–Trinajstić information content (AvgIpc) is 2.19. The Bertz CT molecular complexity index is 284. The fraction of sp³-hybridized carbons (Fsp3) is 0.500. The van der Waals surface area contributed by atoms with Crippen molar-refractivity contribution in [3.8, 4) is 0 Å². The average molecular weight is 212 g/mol. The van der Waals surface area contributed by atoms with Gasteiger partial charge in [-0.05, 0) is 57.0 Å². The summed E-state index contributed by atoms with van der Waals surface area (Å²) in [6.45, 7) is 3.19. The molecule has 0 heterocycles. The Labute approximate surface area is 91.5 Å². The number of nitrogens with one attached hydrogen (secondary N) is 1. The molecule has 2 heteroatoms. The highest BCUT2D eigenvalue weighted by Gasteiger charge is 2.00. The predicted octanol–water partition coefficient (Wildman–Crippen LogP) is 3.19. The molecular weight excluding hydrogens is 194 g/mol. The Morgan fingerprint density at radius 3 is 2.79 bits per heavy atom. The minimum atomic E-state index is 0.885. The highest BCUT2D eigenvalue weighted by atomic mass is 35.5. The van der Waals surface area contributed by atoms with E-state index in [2.05, 4.69) is 18.3 Å². The molecule has 0 unspecified atom stereocenters. The highest BCUT2D eigenvalue weighted by Crippen LogP contribution is 2.19. The summed E-state index contributed by atoms with van der Waals surface area (Å²) in [6, 6.07) is 6.15. The van der Waals surface area contributed by atoms with Crippen LogP contribution in [0, 0.1) is 6.92 Å². The van der Waals surface area contributed by atoms with Crippen LogP contribution in [0.15, 0.2) is 18.2 Å². The molecule has 0 saturated carbocycles. The van der Waals surface area contributed by atoms with Crippen LogP contribution in [-0.4, -0.2) is 13.6 Å². The molecule has 0 aromatic heterocycles. The van der Waals surface area contributed by atoms with Gasteiger partial charge in [0.1, 0.15) is 0 Å². The van der Waals surface area contributed by atoms with Crippen molar-refractivity contribution in [2.75, 3.05) is 13.6 Å². The maximum absolute atomic E-state index is 6.04. The third kappa shape index (κ3) is 3.32. The molecule has 78 valence electrons. The molecule has 1 aromatic rings. The van der Waals surface area contributed by atoms with Crippen LogP contribution in [0.1, 0.15) is 24.0 Å². The van der Waals surface area contributed by atoms with E-state index in [1.54, 1.807) is 0 Å². The van der Waals surface area contributed by atoms with Crippen LogP contribution in [0.3, 0.4) is 0 Å². The summed E-state index contributed by atoms with van der Waals surface area (Å²) in [5.41, 5.74) is 2.62. The number of benzene rings is 1. The van der Waals surface area contributed by atoms with Crippen LogP contribution in [0.2, 0.25) is 5.02 Å². The number of aryl methyl sites for hydroxylation is 1. The van der Waals surface area contributed by atoms with Gasteiger partial charge >= 0.3 is 0 Å². The summed E-state index contributed by atoms with van der Waals surface area (Å²) in [7, 11) is 1.99. The molecule has 0 fully saturated rings. The van der Waals surface area contributed by atoms with Crippen molar-refractivity contribution >= 4 is 11.6 Å². The van der Waals surface area contributed by atoms with Crippen molar-refractivity contribution in [3.63, 3.8) is 0 Å². The summed E-state index contributed by atoms with van der Waals surface area (Å²) in [4.78, 5) is 0. The molecule has 1 nitrogen and oxygen atoms in total. The van der Waals surface area contributed by atoms with Crippen molar-refractivity contribution < 1.29 is 0 Å². The Morgan fingerprint density at radius 1 is 1.29 bits per heavy atom. The molecule has 0 spiro atoms. The fourth-order valence-electron chi connectivity index (χ4n) is 1.54. The molecule has 0 bridgehead atoms. The standard InChI is InChI=1S/C12H18ClN/c1-10-11(6-3-4-9-14-2)7-5-8-12(10)13/h5,7-8,14H,3-4,6,9H2,1-2H3. The van der Waals surface area contributed by atoms with Gasteiger partial charge in [-0.1, -0.05) is 23.7 Å². The second-order valence-corrected chi connectivity index (χ2v) is 3.99. The molecule has 1 aromatic carbocycles. The maximum Gasteiger partial charge on any atom is 0.0437 e. The lowest BCUT2D eigenvalue weighted by molar-refractivity contribution is 0.676. The van der Waals surface area contributed by atoms with Crippen LogP contribution < -0.4 is 5.32 Å². The zero-order valence-electron chi connectivity index (χ0n) is 8.94. The largest absolute Gasteiger partial charge is 0.320 e. The number of hydrogen-bond donors (Lipinski definition) is 1. The van der Waals surface area contributed by atoms with Crippen LogP contribution in [0.5, 0.6) is 0 Å². The third-order valence-corrected chi connectivity index (χ3v) is 2.91. The monoisotopic (exact) mass is 211 g/mol. The minimum Gasteiger partial charge on any atom is -0.320 e. The Balaban J connectivity index is 2.46. The van der Waals surface area contributed by atoms with E-state index in [1.807, 2.05) is 19.2 Å². The molecule has 14 heavy (non-hydrogen) atoms. The lowest BCUT2D eigenvalue weighted by Gasteiger charge is -2.06. The van der Waals surface area contributed by atoms with Gasteiger partial charge in [-0.3, -0.25) is 0 Å². The molecule has 0 saturated heterocycles. The van der Waals surface area contributed by atoms with E-state index in [9.17, 15) is 0 Å². The van der Waals surface area contributed by atoms with Gasteiger partial charge in [-0.25, -0.2) is 0 Å². The van der Waals surface area contributed by atoms with E-state index in [-0.39, 0.29) is 0 Å². The zero-order chi connectivity index (χ0) is 10.4. The summed E-state index contributed by atoms with van der Waals surface area (Å²) in [5, 5.41) is 4.04. The van der Waals surface area contributed by atoms with Gasteiger partial charge in [0.05, 0.1) is 0 Å². The molecule has 0 aliphatic heterocycles. The van der Waals surface area contributed by atoms with Crippen molar-refractivity contribution in [2.24, 2.45) is 0 Å². The van der Waals surface area contributed by atoms with Gasteiger partial charge in [-0.15, -0.1) is 0 Å². The molecular formula is C12H18ClN. The van der Waals surface area contributed by atoms with Gasteiger partial charge in [0.2, 0.25) is 0 Å². The lowest BCUT2D eigenvalue weighted by atomic mass is 10.0. The smallest absolute Gasteiger partial charge is 0.0437 e. The van der Waals surface area contributed by atoms with E-state index in [0.717, 1.165) is 18.0 Å². The van der Waals surface area contributed by atoms with Crippen LogP contribution in [-0.2, 0) is 6.42 Å². The van der Waals surface area contributed by atoms with Crippen molar-refractivity contribution in [2.45, 2.75) is 26.2 Å². The summed E-state index contributed by atoms with van der Waals surface area (Å²) < 4.78 is 0. The molecule has 0 aliphatic rings. The van der Waals surface area contributed by atoms with Crippen LogP contribution >= 0.6 is 11.6 Å². The molecule has 0 radical (unpaired) electrons. The van der Waals surface area contributed by atoms with E-state index in [4.69, 9.17) is 11.6 Å². The Kier molecular flexibility index (Phi) is 4.99.